The molecule has 3 aromatic rings. The van der Waals surface area contributed by atoms with E-state index in [0.29, 0.717) is 24.1 Å². The smallest absolute Gasteiger partial charge is 0.243 e. The largest absolute Gasteiger partial charge is 0.323 e. The van der Waals surface area contributed by atoms with Crippen molar-refractivity contribution in [3.8, 4) is 6.07 Å². The summed E-state index contributed by atoms with van der Waals surface area (Å²) in [7, 11) is -3.82. The maximum absolute atomic E-state index is 13.3. The average Bonchev–Trinajstić information content (AvgIpc) is 3.25. The van der Waals surface area contributed by atoms with E-state index in [0.717, 1.165) is 10.8 Å². The summed E-state index contributed by atoms with van der Waals surface area (Å²) < 4.78 is 27.8. The number of benzene rings is 3. The molecule has 146 valence electrons. The van der Waals surface area contributed by atoms with Crippen LogP contribution in [0.2, 0.25) is 0 Å². The molecule has 1 amide bonds. The fourth-order valence-corrected chi connectivity index (χ4v) is 5.35. The Morgan fingerprint density at radius 2 is 1.76 bits per heavy atom. The molecule has 3 aromatic carbocycles. The maximum Gasteiger partial charge on any atom is 0.243 e. The van der Waals surface area contributed by atoms with Gasteiger partial charge in [0.1, 0.15) is 12.1 Å². The zero-order valence-electron chi connectivity index (χ0n) is 15.6. The van der Waals surface area contributed by atoms with E-state index in [2.05, 4.69) is 5.32 Å². The molecule has 1 aliphatic heterocycles. The minimum atomic E-state index is -3.82. The molecule has 0 unspecified atom stereocenters. The molecule has 6 nitrogen and oxygen atoms in total. The van der Waals surface area contributed by atoms with Crippen molar-refractivity contribution < 1.29 is 13.2 Å². The first kappa shape index (κ1) is 19.1. The average molecular weight is 405 g/mol. The van der Waals surface area contributed by atoms with Crippen molar-refractivity contribution >= 4 is 32.4 Å². The van der Waals surface area contributed by atoms with Gasteiger partial charge in [-0.05, 0) is 47.9 Å². The van der Waals surface area contributed by atoms with E-state index in [1.54, 1.807) is 42.5 Å². The number of nitrogens with one attached hydrogen (secondary N) is 1. The highest BCUT2D eigenvalue weighted by molar-refractivity contribution is 7.89. The van der Waals surface area contributed by atoms with Crippen molar-refractivity contribution in [1.82, 2.24) is 4.31 Å². The molecule has 0 aliphatic carbocycles. The Hall–Kier alpha value is -3.21. The van der Waals surface area contributed by atoms with E-state index >= 15 is 0 Å². The van der Waals surface area contributed by atoms with E-state index in [4.69, 9.17) is 0 Å². The SMILES string of the molecule is N#Cc1ccccc1NC(=O)[C@@H]1CCCN1S(=O)(=O)c1ccc2ccccc2c1. The number of fused-ring (bicyclic) bond motifs is 1. The Labute approximate surface area is 169 Å². The van der Waals surface area contributed by atoms with Crippen molar-refractivity contribution in [3.05, 3.63) is 72.3 Å². The van der Waals surface area contributed by atoms with E-state index in [-0.39, 0.29) is 11.4 Å². The van der Waals surface area contributed by atoms with Gasteiger partial charge in [0.2, 0.25) is 15.9 Å². The van der Waals surface area contributed by atoms with Crippen LogP contribution >= 0.6 is 0 Å². The number of para-hydroxylation sites is 1. The van der Waals surface area contributed by atoms with Gasteiger partial charge in [-0.3, -0.25) is 4.79 Å². The first-order chi connectivity index (χ1) is 14.0. The van der Waals surface area contributed by atoms with Crippen LogP contribution < -0.4 is 5.32 Å². The van der Waals surface area contributed by atoms with Crippen LogP contribution in [0.3, 0.4) is 0 Å². The summed E-state index contributed by atoms with van der Waals surface area (Å²) in [6, 6.07) is 20.4. The van der Waals surface area contributed by atoms with Crippen LogP contribution in [0, 0.1) is 11.3 Å². The summed E-state index contributed by atoms with van der Waals surface area (Å²) in [5, 5.41) is 13.7. The van der Waals surface area contributed by atoms with Crippen molar-refractivity contribution in [2.75, 3.05) is 11.9 Å². The number of rotatable bonds is 4. The van der Waals surface area contributed by atoms with Gasteiger partial charge in [0.05, 0.1) is 16.1 Å². The molecule has 0 radical (unpaired) electrons. The topological polar surface area (TPSA) is 90.3 Å². The number of hydrogen-bond donors (Lipinski definition) is 1. The lowest BCUT2D eigenvalue weighted by molar-refractivity contribution is -0.119. The molecule has 7 heteroatoms. The highest BCUT2D eigenvalue weighted by Crippen LogP contribution is 2.29. The van der Waals surface area contributed by atoms with Gasteiger partial charge in [-0.2, -0.15) is 9.57 Å². The van der Waals surface area contributed by atoms with Crippen LogP contribution in [0.15, 0.2) is 71.6 Å². The Kier molecular flexibility index (Phi) is 5.05. The van der Waals surface area contributed by atoms with Crippen LogP contribution in [0.1, 0.15) is 18.4 Å². The molecule has 1 atom stereocenters. The number of carbonyl (C=O) groups excluding carboxylic acids is 1. The van der Waals surface area contributed by atoms with Gasteiger partial charge in [0.15, 0.2) is 0 Å². The van der Waals surface area contributed by atoms with E-state index in [1.165, 1.54) is 4.31 Å². The van der Waals surface area contributed by atoms with Crippen LogP contribution in [-0.2, 0) is 14.8 Å². The zero-order chi connectivity index (χ0) is 20.4. The second-order valence-corrected chi connectivity index (χ2v) is 8.82. The molecule has 1 fully saturated rings. The standard InChI is InChI=1S/C22H19N3O3S/c23-15-18-8-3-4-9-20(18)24-22(26)21-10-5-13-25(21)29(27,28)19-12-11-16-6-1-2-7-17(16)14-19/h1-4,6-9,11-12,14,21H,5,10,13H2,(H,24,26)/t21-/m0/s1. The van der Waals surface area contributed by atoms with E-state index < -0.39 is 22.0 Å². The molecule has 29 heavy (non-hydrogen) atoms. The van der Waals surface area contributed by atoms with Crippen LogP contribution in [0.25, 0.3) is 10.8 Å². The van der Waals surface area contributed by atoms with Crippen LogP contribution in [0.5, 0.6) is 0 Å². The maximum atomic E-state index is 13.3. The molecule has 0 saturated carbocycles. The number of amides is 1. The number of sulfonamides is 1. The number of nitriles is 1. The van der Waals surface area contributed by atoms with Crippen LogP contribution in [-0.4, -0.2) is 31.2 Å². The number of hydrogen-bond acceptors (Lipinski definition) is 4. The van der Waals surface area contributed by atoms with Crippen molar-refractivity contribution in [1.29, 1.82) is 5.26 Å². The second-order valence-electron chi connectivity index (χ2n) is 6.93. The zero-order valence-corrected chi connectivity index (χ0v) is 16.4. The number of anilines is 1. The predicted octanol–water partition coefficient (Wildman–Crippen LogP) is 3.50. The van der Waals surface area contributed by atoms with Gasteiger partial charge in [-0.1, -0.05) is 42.5 Å². The first-order valence-electron chi connectivity index (χ1n) is 9.31. The molecular formula is C22H19N3O3S. The fourth-order valence-electron chi connectivity index (χ4n) is 3.66. The van der Waals surface area contributed by atoms with Crippen molar-refractivity contribution in [3.63, 3.8) is 0 Å². The number of carbonyl (C=O) groups is 1. The lowest BCUT2D eigenvalue weighted by Gasteiger charge is -2.23. The molecule has 0 aromatic heterocycles. The quantitative estimate of drug-likeness (QED) is 0.719. The molecule has 1 aliphatic rings. The van der Waals surface area contributed by atoms with Gasteiger partial charge in [0.25, 0.3) is 0 Å². The molecule has 0 bridgehead atoms. The summed E-state index contributed by atoms with van der Waals surface area (Å²) >= 11 is 0. The van der Waals surface area contributed by atoms with Gasteiger partial charge in [0, 0.05) is 6.54 Å². The van der Waals surface area contributed by atoms with Gasteiger partial charge in [-0.25, -0.2) is 8.42 Å². The molecule has 0 spiro atoms. The molecule has 4 rings (SSSR count). The van der Waals surface area contributed by atoms with Gasteiger partial charge in [-0.15, -0.1) is 0 Å². The summed E-state index contributed by atoms with van der Waals surface area (Å²) in [5.74, 6) is -0.422. The third-order valence-electron chi connectivity index (χ3n) is 5.14. The van der Waals surface area contributed by atoms with Gasteiger partial charge < -0.3 is 5.32 Å². The highest BCUT2D eigenvalue weighted by atomic mass is 32.2. The predicted molar refractivity (Wildman–Crippen MR) is 111 cm³/mol. The lowest BCUT2D eigenvalue weighted by atomic mass is 10.1. The highest BCUT2D eigenvalue weighted by Gasteiger charge is 2.39. The van der Waals surface area contributed by atoms with Crippen LogP contribution in [0.4, 0.5) is 5.69 Å². The summed E-state index contributed by atoms with van der Waals surface area (Å²) in [6.45, 7) is 0.285. The summed E-state index contributed by atoms with van der Waals surface area (Å²) in [6.07, 6.45) is 1.04. The Morgan fingerprint density at radius 3 is 2.55 bits per heavy atom. The third-order valence-corrected chi connectivity index (χ3v) is 7.04. The summed E-state index contributed by atoms with van der Waals surface area (Å²) in [5.41, 5.74) is 0.720. The van der Waals surface area contributed by atoms with Crippen molar-refractivity contribution in [2.45, 2.75) is 23.8 Å². The summed E-state index contributed by atoms with van der Waals surface area (Å²) in [4.78, 5) is 13.0. The second kappa shape index (κ2) is 7.66. The monoisotopic (exact) mass is 405 g/mol. The minimum Gasteiger partial charge on any atom is -0.323 e. The molecular weight excluding hydrogens is 386 g/mol. The van der Waals surface area contributed by atoms with E-state index in [9.17, 15) is 18.5 Å². The first-order valence-corrected chi connectivity index (χ1v) is 10.8. The molecule has 1 N–H and O–H groups in total. The fraction of sp³-hybridized carbons (Fsp3) is 0.182. The Morgan fingerprint density at radius 1 is 1.03 bits per heavy atom. The van der Waals surface area contributed by atoms with Crippen molar-refractivity contribution in [2.24, 2.45) is 0 Å². The Balaban J connectivity index is 1.62. The molecule has 1 heterocycles. The third kappa shape index (κ3) is 3.60. The lowest BCUT2D eigenvalue weighted by Crippen LogP contribution is -2.43. The number of nitrogens with zero attached hydrogens (tertiary/aromatic N) is 2. The van der Waals surface area contributed by atoms with E-state index in [1.807, 2.05) is 30.3 Å². The minimum absolute atomic E-state index is 0.174. The normalized spacial score (nSPS) is 17.1. The Bertz CT molecular complexity index is 1230. The molecule has 1 saturated heterocycles. The van der Waals surface area contributed by atoms with Gasteiger partial charge >= 0.3 is 0 Å².